The summed E-state index contributed by atoms with van der Waals surface area (Å²) in [7, 11) is 0. The van der Waals surface area contributed by atoms with Crippen LogP contribution in [0.3, 0.4) is 0 Å². The Bertz CT molecular complexity index is 538. The van der Waals surface area contributed by atoms with Crippen LogP contribution in [-0.4, -0.2) is 27.6 Å². The molecule has 1 N–H and O–H groups in total. The molecule has 0 saturated heterocycles. The Hall–Kier alpha value is -0.970. The van der Waals surface area contributed by atoms with Crippen molar-refractivity contribution in [2.45, 2.75) is 59.9 Å². The number of carbonyl (C=O) groups excluding carboxylic acids is 1. The zero-order valence-corrected chi connectivity index (χ0v) is 14.6. The lowest BCUT2D eigenvalue weighted by molar-refractivity contribution is 0.0918. The van der Waals surface area contributed by atoms with Gasteiger partial charge in [-0.25, -0.2) is 4.79 Å². The molecule has 1 heterocycles. The highest BCUT2D eigenvalue weighted by molar-refractivity contribution is 7.80. The number of rotatable bonds is 2. The predicted octanol–water partition coefficient (Wildman–Crippen LogP) is 3.57. The minimum absolute atomic E-state index is 0.121. The van der Waals surface area contributed by atoms with E-state index >= 15 is 0 Å². The van der Waals surface area contributed by atoms with Gasteiger partial charge in [0, 0.05) is 11.7 Å². The average Bonchev–Trinajstić information content (AvgIpc) is 2.66. The first-order chi connectivity index (χ1) is 9.64. The minimum Gasteiger partial charge on any atom is -0.333 e. The van der Waals surface area contributed by atoms with Crippen molar-refractivity contribution in [1.29, 1.82) is 0 Å². The first kappa shape index (κ1) is 16.4. The summed E-state index contributed by atoms with van der Waals surface area (Å²) in [5, 5.41) is 7.42. The van der Waals surface area contributed by atoms with Gasteiger partial charge in [0.05, 0.1) is 5.69 Å². The molecule has 1 aliphatic rings. The Morgan fingerprint density at radius 2 is 2.10 bits per heavy atom. The molecule has 0 radical (unpaired) electrons. The van der Waals surface area contributed by atoms with Gasteiger partial charge in [-0.2, -0.15) is 22.4 Å². The zero-order chi connectivity index (χ0) is 15.8. The van der Waals surface area contributed by atoms with Gasteiger partial charge < -0.3 is 5.32 Å². The van der Waals surface area contributed by atoms with Crippen LogP contribution in [0.4, 0.5) is 4.79 Å². The van der Waals surface area contributed by atoms with Crippen LogP contribution in [0.2, 0.25) is 0 Å². The van der Waals surface area contributed by atoms with Crippen molar-refractivity contribution in [2.24, 2.45) is 10.8 Å². The SMILES string of the molecule is Cc1cc(C)n(C(=O)NC2CC(C)(C)CC(C)(CS)C2)n1. The van der Waals surface area contributed by atoms with Gasteiger partial charge in [-0.1, -0.05) is 20.8 Å². The van der Waals surface area contributed by atoms with Gasteiger partial charge >= 0.3 is 6.03 Å². The largest absolute Gasteiger partial charge is 0.342 e. The standard InChI is InChI=1S/C16H27N3OS/c1-11-6-12(2)19(18-11)14(20)17-13-7-15(3,4)9-16(5,8-13)10-21/h6,13,21H,7-10H2,1-5H3,(H,17,20). The van der Waals surface area contributed by atoms with Crippen molar-refractivity contribution >= 4 is 18.7 Å². The molecule has 1 aromatic heterocycles. The second kappa shape index (κ2) is 5.67. The van der Waals surface area contributed by atoms with E-state index in [-0.39, 0.29) is 22.9 Å². The Morgan fingerprint density at radius 1 is 1.43 bits per heavy atom. The summed E-state index contributed by atoms with van der Waals surface area (Å²) in [6.07, 6.45) is 3.13. The molecule has 2 atom stereocenters. The lowest BCUT2D eigenvalue weighted by Crippen LogP contribution is -2.48. The number of amides is 1. The highest BCUT2D eigenvalue weighted by atomic mass is 32.1. The van der Waals surface area contributed by atoms with Crippen molar-refractivity contribution in [3.05, 3.63) is 17.5 Å². The van der Waals surface area contributed by atoms with Crippen molar-refractivity contribution < 1.29 is 4.79 Å². The number of nitrogens with zero attached hydrogens (tertiary/aromatic N) is 2. The number of nitrogens with one attached hydrogen (secondary N) is 1. The molecule has 0 aromatic carbocycles. The summed E-state index contributed by atoms with van der Waals surface area (Å²) in [5.74, 6) is 0.850. The number of carbonyl (C=O) groups is 1. The third kappa shape index (κ3) is 3.82. The Balaban J connectivity index is 2.11. The number of aromatic nitrogens is 2. The maximum absolute atomic E-state index is 12.4. The summed E-state index contributed by atoms with van der Waals surface area (Å²) in [6.45, 7) is 10.6. The highest BCUT2D eigenvalue weighted by Gasteiger charge is 2.41. The third-order valence-corrected chi connectivity index (χ3v) is 5.12. The van der Waals surface area contributed by atoms with Crippen molar-refractivity contribution in [3.8, 4) is 0 Å². The van der Waals surface area contributed by atoms with Crippen molar-refractivity contribution in [3.63, 3.8) is 0 Å². The van der Waals surface area contributed by atoms with E-state index in [0.717, 1.165) is 36.4 Å². The van der Waals surface area contributed by atoms with Crippen LogP contribution in [0, 0.1) is 24.7 Å². The molecule has 1 amide bonds. The predicted molar refractivity (Wildman–Crippen MR) is 89.0 cm³/mol. The van der Waals surface area contributed by atoms with E-state index in [9.17, 15) is 4.79 Å². The number of aryl methyl sites for hydroxylation is 2. The van der Waals surface area contributed by atoms with Gasteiger partial charge in [0.25, 0.3) is 0 Å². The average molecular weight is 309 g/mol. The van der Waals surface area contributed by atoms with E-state index in [1.807, 2.05) is 19.9 Å². The summed E-state index contributed by atoms with van der Waals surface area (Å²) in [6, 6.07) is 1.98. The molecule has 21 heavy (non-hydrogen) atoms. The molecular weight excluding hydrogens is 282 g/mol. The van der Waals surface area contributed by atoms with Gasteiger partial charge in [0.1, 0.15) is 0 Å². The van der Waals surface area contributed by atoms with Crippen molar-refractivity contribution in [1.82, 2.24) is 15.1 Å². The maximum atomic E-state index is 12.4. The molecule has 2 rings (SSSR count). The van der Waals surface area contributed by atoms with Gasteiger partial charge in [0.15, 0.2) is 0 Å². The number of thiol groups is 1. The smallest absolute Gasteiger partial charge is 0.333 e. The fourth-order valence-corrected chi connectivity index (χ4v) is 4.17. The first-order valence-corrected chi connectivity index (χ1v) is 8.22. The molecule has 4 nitrogen and oxygen atoms in total. The van der Waals surface area contributed by atoms with Crippen LogP contribution in [0.15, 0.2) is 6.07 Å². The van der Waals surface area contributed by atoms with Gasteiger partial charge in [-0.05, 0) is 55.8 Å². The molecule has 1 fully saturated rings. The van der Waals surface area contributed by atoms with Gasteiger partial charge in [-0.15, -0.1) is 0 Å². The quantitative estimate of drug-likeness (QED) is 0.820. The highest BCUT2D eigenvalue weighted by Crippen LogP contribution is 2.46. The zero-order valence-electron chi connectivity index (χ0n) is 13.7. The van der Waals surface area contributed by atoms with Crippen LogP contribution in [0.25, 0.3) is 0 Å². The number of hydrogen-bond donors (Lipinski definition) is 2. The first-order valence-electron chi connectivity index (χ1n) is 7.59. The topological polar surface area (TPSA) is 46.9 Å². The van der Waals surface area contributed by atoms with E-state index in [4.69, 9.17) is 0 Å². The Morgan fingerprint density at radius 3 is 2.62 bits per heavy atom. The van der Waals surface area contributed by atoms with Crippen LogP contribution in [-0.2, 0) is 0 Å². The molecule has 5 heteroatoms. The van der Waals surface area contributed by atoms with E-state index in [2.05, 4.69) is 43.8 Å². The summed E-state index contributed by atoms with van der Waals surface area (Å²) in [5.41, 5.74) is 2.14. The second-order valence-corrected chi connectivity index (χ2v) is 8.02. The fourth-order valence-electron chi connectivity index (χ4n) is 3.93. The Labute approximate surface area is 133 Å². The Kier molecular flexibility index (Phi) is 4.43. The summed E-state index contributed by atoms with van der Waals surface area (Å²) in [4.78, 5) is 12.4. The summed E-state index contributed by atoms with van der Waals surface area (Å²) < 4.78 is 1.47. The molecule has 0 spiro atoms. The minimum atomic E-state index is -0.121. The van der Waals surface area contributed by atoms with Crippen molar-refractivity contribution in [2.75, 3.05) is 5.75 Å². The fraction of sp³-hybridized carbons (Fsp3) is 0.750. The molecule has 2 unspecified atom stereocenters. The summed E-state index contributed by atoms with van der Waals surface area (Å²) >= 11 is 4.52. The molecule has 0 aliphatic heterocycles. The van der Waals surface area contributed by atoms with Crippen LogP contribution >= 0.6 is 12.6 Å². The van der Waals surface area contributed by atoms with E-state index < -0.39 is 0 Å². The molecule has 0 bridgehead atoms. The maximum Gasteiger partial charge on any atom is 0.342 e. The van der Waals surface area contributed by atoms with Crippen LogP contribution in [0.1, 0.15) is 51.4 Å². The number of hydrogen-bond acceptors (Lipinski definition) is 3. The second-order valence-electron chi connectivity index (χ2n) is 7.70. The molecule has 118 valence electrons. The van der Waals surface area contributed by atoms with Crippen LogP contribution < -0.4 is 5.32 Å². The van der Waals surface area contributed by atoms with E-state index in [1.165, 1.54) is 4.68 Å². The molecular formula is C16H27N3OS. The van der Waals surface area contributed by atoms with Gasteiger partial charge in [0.2, 0.25) is 0 Å². The lowest BCUT2D eigenvalue weighted by atomic mass is 9.63. The van der Waals surface area contributed by atoms with Crippen LogP contribution in [0.5, 0.6) is 0 Å². The van der Waals surface area contributed by atoms with Gasteiger partial charge in [-0.3, -0.25) is 0 Å². The normalized spacial score (nSPS) is 28.4. The van der Waals surface area contributed by atoms with E-state index in [0.29, 0.717) is 0 Å². The van der Waals surface area contributed by atoms with E-state index in [1.54, 1.807) is 0 Å². The third-order valence-electron chi connectivity index (χ3n) is 4.35. The monoisotopic (exact) mass is 309 g/mol. The lowest BCUT2D eigenvalue weighted by Gasteiger charge is -2.46. The molecule has 1 saturated carbocycles. The molecule has 1 aromatic rings. The molecule has 1 aliphatic carbocycles.